The quantitative estimate of drug-likeness (QED) is 0.589. The summed E-state index contributed by atoms with van der Waals surface area (Å²) in [4.78, 5) is 6.81. The van der Waals surface area contributed by atoms with Gasteiger partial charge in [-0.15, -0.1) is 22.9 Å². The number of hydrogen-bond acceptors (Lipinski definition) is 4. The molecule has 3 nitrogen and oxygen atoms in total. The van der Waals surface area contributed by atoms with Crippen molar-refractivity contribution in [1.29, 1.82) is 0 Å². The fourth-order valence-electron chi connectivity index (χ4n) is 2.76. The molecule has 0 fully saturated rings. The minimum Gasteiger partial charge on any atom is -0.395 e. The van der Waals surface area contributed by atoms with Crippen LogP contribution < -0.4 is 0 Å². The molecule has 130 valence electrons. The summed E-state index contributed by atoms with van der Waals surface area (Å²) in [7, 11) is 0. The second-order valence-electron chi connectivity index (χ2n) is 5.90. The Morgan fingerprint density at radius 3 is 2.48 bits per heavy atom. The maximum absolute atomic E-state index is 9.39. The lowest BCUT2D eigenvalue weighted by atomic mass is 10.1. The Bertz CT molecular complexity index is 791. The van der Waals surface area contributed by atoms with Gasteiger partial charge in [0.25, 0.3) is 0 Å². The molecule has 0 aliphatic carbocycles. The first kappa shape index (κ1) is 18.1. The van der Waals surface area contributed by atoms with Gasteiger partial charge in [-0.2, -0.15) is 0 Å². The van der Waals surface area contributed by atoms with Crippen LogP contribution in [-0.4, -0.2) is 28.1 Å². The number of aliphatic hydroxyl groups is 1. The zero-order valence-electron chi connectivity index (χ0n) is 13.9. The zero-order valence-corrected chi connectivity index (χ0v) is 15.5. The van der Waals surface area contributed by atoms with E-state index in [9.17, 15) is 5.11 Å². The summed E-state index contributed by atoms with van der Waals surface area (Å²) >= 11 is 7.47. The van der Waals surface area contributed by atoms with Gasteiger partial charge in [-0.25, -0.2) is 4.98 Å². The molecule has 0 radical (unpaired) electrons. The zero-order chi connectivity index (χ0) is 17.5. The highest BCUT2D eigenvalue weighted by atomic mass is 35.5. The molecule has 0 amide bonds. The minimum atomic E-state index is 0.151. The van der Waals surface area contributed by atoms with Crippen LogP contribution in [0, 0.1) is 0 Å². The van der Waals surface area contributed by atoms with Gasteiger partial charge in [-0.1, -0.05) is 48.5 Å². The third-order valence-corrected chi connectivity index (χ3v) is 5.15. The number of aromatic nitrogens is 1. The number of benzene rings is 2. The Kier molecular flexibility index (Phi) is 6.59. The minimum absolute atomic E-state index is 0.151. The van der Waals surface area contributed by atoms with E-state index in [4.69, 9.17) is 11.6 Å². The SMILES string of the molecule is OCCN(Cc1ccccc1)Cc1cccc(-c2nc(CCl)cs2)c1. The van der Waals surface area contributed by atoms with Crippen LogP contribution in [0.25, 0.3) is 10.6 Å². The average Bonchev–Trinajstić information content (AvgIpc) is 3.12. The molecule has 2 aromatic carbocycles. The van der Waals surface area contributed by atoms with Crippen molar-refractivity contribution in [2.24, 2.45) is 0 Å². The van der Waals surface area contributed by atoms with Gasteiger partial charge in [-0.3, -0.25) is 4.90 Å². The summed E-state index contributed by atoms with van der Waals surface area (Å²) in [6.45, 7) is 2.40. The number of nitrogens with zero attached hydrogens (tertiary/aromatic N) is 2. The van der Waals surface area contributed by atoms with Crippen molar-refractivity contribution < 1.29 is 5.11 Å². The molecule has 3 aromatic rings. The fraction of sp³-hybridized carbons (Fsp3) is 0.250. The topological polar surface area (TPSA) is 36.4 Å². The van der Waals surface area contributed by atoms with Crippen LogP contribution in [0.2, 0.25) is 0 Å². The van der Waals surface area contributed by atoms with E-state index in [0.717, 1.165) is 29.4 Å². The molecule has 0 saturated heterocycles. The van der Waals surface area contributed by atoms with Crippen molar-refractivity contribution in [3.63, 3.8) is 0 Å². The molecule has 0 atom stereocenters. The second-order valence-corrected chi connectivity index (χ2v) is 7.02. The summed E-state index contributed by atoms with van der Waals surface area (Å²) < 4.78 is 0. The Morgan fingerprint density at radius 2 is 1.76 bits per heavy atom. The molecule has 0 bridgehead atoms. The molecule has 5 heteroatoms. The third kappa shape index (κ3) is 5.13. The first-order valence-corrected chi connectivity index (χ1v) is 9.66. The first-order valence-electron chi connectivity index (χ1n) is 8.25. The molecule has 0 spiro atoms. The van der Waals surface area contributed by atoms with Gasteiger partial charge >= 0.3 is 0 Å². The standard InChI is InChI=1S/C20H21ClN2OS/c21-12-19-15-25-20(22-19)18-8-4-7-17(11-18)14-23(9-10-24)13-16-5-2-1-3-6-16/h1-8,11,15,24H,9-10,12-14H2. The molecule has 1 N–H and O–H groups in total. The number of halogens is 1. The highest BCUT2D eigenvalue weighted by Crippen LogP contribution is 2.25. The Morgan fingerprint density at radius 1 is 1.00 bits per heavy atom. The van der Waals surface area contributed by atoms with Crippen molar-refractivity contribution in [2.45, 2.75) is 19.0 Å². The largest absolute Gasteiger partial charge is 0.395 e. The molecule has 0 saturated carbocycles. The first-order chi connectivity index (χ1) is 12.3. The lowest BCUT2D eigenvalue weighted by Crippen LogP contribution is -2.26. The van der Waals surface area contributed by atoms with E-state index in [2.05, 4.69) is 46.3 Å². The van der Waals surface area contributed by atoms with Gasteiger partial charge in [0, 0.05) is 30.6 Å². The van der Waals surface area contributed by atoms with Gasteiger partial charge in [-0.05, 0) is 17.2 Å². The predicted molar refractivity (Wildman–Crippen MR) is 105 cm³/mol. The fourth-order valence-corrected chi connectivity index (χ4v) is 3.80. The molecule has 3 rings (SSSR count). The molecule has 0 aliphatic heterocycles. The van der Waals surface area contributed by atoms with Crippen molar-refractivity contribution >= 4 is 22.9 Å². The number of hydrogen-bond donors (Lipinski definition) is 1. The van der Waals surface area contributed by atoms with Gasteiger partial charge < -0.3 is 5.11 Å². The van der Waals surface area contributed by atoms with Crippen LogP contribution in [0.15, 0.2) is 60.0 Å². The maximum Gasteiger partial charge on any atom is 0.123 e. The summed E-state index contributed by atoms with van der Waals surface area (Å²) in [6, 6.07) is 18.8. The Hall–Kier alpha value is -1.72. The number of alkyl halides is 1. The van der Waals surface area contributed by atoms with E-state index in [1.807, 2.05) is 23.6 Å². The van der Waals surface area contributed by atoms with Gasteiger partial charge in [0.15, 0.2) is 0 Å². The maximum atomic E-state index is 9.39. The smallest absolute Gasteiger partial charge is 0.123 e. The Labute approximate surface area is 157 Å². The molecule has 25 heavy (non-hydrogen) atoms. The lowest BCUT2D eigenvalue weighted by Gasteiger charge is -2.21. The monoisotopic (exact) mass is 372 g/mol. The van der Waals surface area contributed by atoms with Crippen molar-refractivity contribution in [3.8, 4) is 10.6 Å². The van der Waals surface area contributed by atoms with Gasteiger partial charge in [0.1, 0.15) is 5.01 Å². The van der Waals surface area contributed by atoms with Crippen LogP contribution in [0.4, 0.5) is 0 Å². The van der Waals surface area contributed by atoms with Crippen molar-refractivity contribution in [1.82, 2.24) is 9.88 Å². The van der Waals surface area contributed by atoms with E-state index >= 15 is 0 Å². The molecule has 1 heterocycles. The van der Waals surface area contributed by atoms with Gasteiger partial charge in [0.05, 0.1) is 18.2 Å². The van der Waals surface area contributed by atoms with Crippen LogP contribution in [-0.2, 0) is 19.0 Å². The average molecular weight is 373 g/mol. The van der Waals surface area contributed by atoms with E-state index in [0.29, 0.717) is 12.4 Å². The van der Waals surface area contributed by atoms with Crippen LogP contribution >= 0.6 is 22.9 Å². The summed E-state index contributed by atoms with van der Waals surface area (Å²) in [5.74, 6) is 0.442. The summed E-state index contributed by atoms with van der Waals surface area (Å²) in [5, 5.41) is 12.4. The lowest BCUT2D eigenvalue weighted by molar-refractivity contribution is 0.184. The number of aliphatic hydroxyl groups excluding tert-OH is 1. The molecule has 1 aromatic heterocycles. The van der Waals surface area contributed by atoms with Crippen LogP contribution in [0.1, 0.15) is 16.8 Å². The molecule has 0 unspecified atom stereocenters. The van der Waals surface area contributed by atoms with Crippen molar-refractivity contribution in [2.75, 3.05) is 13.2 Å². The second kappa shape index (κ2) is 9.11. The van der Waals surface area contributed by atoms with E-state index in [1.54, 1.807) is 11.3 Å². The van der Waals surface area contributed by atoms with E-state index < -0.39 is 0 Å². The van der Waals surface area contributed by atoms with E-state index in [1.165, 1.54) is 11.1 Å². The van der Waals surface area contributed by atoms with Crippen LogP contribution in [0.5, 0.6) is 0 Å². The highest BCUT2D eigenvalue weighted by molar-refractivity contribution is 7.13. The summed E-state index contributed by atoms with van der Waals surface area (Å²) in [6.07, 6.45) is 0. The Balaban J connectivity index is 1.74. The number of thiazole rings is 1. The molecular weight excluding hydrogens is 352 g/mol. The van der Waals surface area contributed by atoms with Crippen LogP contribution in [0.3, 0.4) is 0 Å². The normalized spacial score (nSPS) is 11.2. The number of rotatable bonds is 8. The molecular formula is C20H21ClN2OS. The highest BCUT2D eigenvalue weighted by Gasteiger charge is 2.09. The van der Waals surface area contributed by atoms with E-state index in [-0.39, 0.29) is 6.61 Å². The molecule has 0 aliphatic rings. The third-order valence-electron chi connectivity index (χ3n) is 3.93. The summed E-state index contributed by atoms with van der Waals surface area (Å²) in [5.41, 5.74) is 4.49. The van der Waals surface area contributed by atoms with Crippen molar-refractivity contribution in [3.05, 3.63) is 76.8 Å². The predicted octanol–water partition coefficient (Wildman–Crippen LogP) is 4.54. The van der Waals surface area contributed by atoms with Gasteiger partial charge in [0.2, 0.25) is 0 Å².